The van der Waals surface area contributed by atoms with Gasteiger partial charge in [0.25, 0.3) is 0 Å². The number of carbonyl (C=O) groups is 1. The molecule has 4 nitrogen and oxygen atoms in total. The van der Waals surface area contributed by atoms with Gasteiger partial charge in [0.2, 0.25) is 5.43 Å². The van der Waals surface area contributed by atoms with Gasteiger partial charge in [-0.2, -0.15) is 13.2 Å². The second kappa shape index (κ2) is 5.82. The summed E-state index contributed by atoms with van der Waals surface area (Å²) in [6.45, 7) is 1.44. The molecule has 1 aliphatic carbocycles. The van der Waals surface area contributed by atoms with Crippen molar-refractivity contribution in [3.63, 3.8) is 0 Å². The van der Waals surface area contributed by atoms with Gasteiger partial charge in [-0.3, -0.25) is 4.79 Å². The topological polar surface area (TPSA) is 48.3 Å². The van der Waals surface area contributed by atoms with Crippen LogP contribution in [0.5, 0.6) is 0 Å². The Morgan fingerprint density at radius 2 is 1.96 bits per heavy atom. The molecule has 1 fully saturated rings. The van der Waals surface area contributed by atoms with Gasteiger partial charge in [-0.05, 0) is 25.8 Å². The van der Waals surface area contributed by atoms with Crippen LogP contribution < -0.4 is 5.43 Å². The van der Waals surface area contributed by atoms with E-state index >= 15 is 0 Å². The van der Waals surface area contributed by atoms with Crippen LogP contribution in [0.2, 0.25) is 0 Å². The molecule has 1 saturated carbocycles. The molecule has 0 spiro atoms. The molecular formula is C16H12F5NO3. The summed E-state index contributed by atoms with van der Waals surface area (Å²) in [5, 5.41) is -0.705. The average Bonchev–Trinajstić information content (AvgIpc) is 3.33. The summed E-state index contributed by atoms with van der Waals surface area (Å²) in [7, 11) is 0. The molecule has 0 atom stereocenters. The number of pyridine rings is 1. The molecule has 0 unspecified atom stereocenters. The van der Waals surface area contributed by atoms with E-state index in [2.05, 4.69) is 0 Å². The molecule has 0 aliphatic heterocycles. The second-order valence-electron chi connectivity index (χ2n) is 5.67. The maximum atomic E-state index is 13.9. The minimum absolute atomic E-state index is 0.0503. The van der Waals surface area contributed by atoms with Gasteiger partial charge < -0.3 is 9.30 Å². The van der Waals surface area contributed by atoms with Crippen LogP contribution in [-0.2, 0) is 10.9 Å². The fourth-order valence-corrected chi connectivity index (χ4v) is 2.72. The predicted octanol–water partition coefficient (Wildman–Crippen LogP) is 3.81. The number of carbonyl (C=O) groups excluding carboxylic acids is 1. The first-order valence-electron chi connectivity index (χ1n) is 7.48. The van der Waals surface area contributed by atoms with Gasteiger partial charge >= 0.3 is 12.1 Å². The van der Waals surface area contributed by atoms with E-state index in [1.807, 2.05) is 0 Å². The Bertz CT molecular complexity index is 928. The fraction of sp³-hybridized carbons (Fsp3) is 0.375. The van der Waals surface area contributed by atoms with Crippen LogP contribution in [0.15, 0.2) is 17.1 Å². The lowest BCUT2D eigenvalue weighted by Gasteiger charge is -2.18. The van der Waals surface area contributed by atoms with Crippen molar-refractivity contribution in [1.82, 2.24) is 4.57 Å². The Kier molecular flexibility index (Phi) is 4.04. The highest BCUT2D eigenvalue weighted by molar-refractivity contribution is 5.94. The minimum Gasteiger partial charge on any atom is -0.462 e. The lowest BCUT2D eigenvalue weighted by Crippen LogP contribution is -2.24. The maximum absolute atomic E-state index is 13.9. The molecule has 134 valence electrons. The molecule has 1 aliphatic rings. The monoisotopic (exact) mass is 361 g/mol. The van der Waals surface area contributed by atoms with Gasteiger partial charge in [-0.25, -0.2) is 13.6 Å². The van der Waals surface area contributed by atoms with Crippen molar-refractivity contribution >= 4 is 16.9 Å². The van der Waals surface area contributed by atoms with Crippen molar-refractivity contribution in [2.75, 3.05) is 6.61 Å². The maximum Gasteiger partial charge on any atom is 0.421 e. The SMILES string of the molecule is CCOC(=O)c1cn(C2CC2)c2c(C(F)(F)F)c(F)c(F)cc2c1=O. The summed E-state index contributed by atoms with van der Waals surface area (Å²) in [4.78, 5) is 24.3. The second-order valence-corrected chi connectivity index (χ2v) is 5.67. The van der Waals surface area contributed by atoms with Gasteiger partial charge in [0.15, 0.2) is 11.6 Å². The number of hydrogen-bond acceptors (Lipinski definition) is 3. The van der Waals surface area contributed by atoms with Crippen LogP contribution in [0, 0.1) is 11.6 Å². The number of hydrogen-bond donors (Lipinski definition) is 0. The van der Waals surface area contributed by atoms with Crippen molar-refractivity contribution in [1.29, 1.82) is 0 Å². The third kappa shape index (κ3) is 2.87. The highest BCUT2D eigenvalue weighted by atomic mass is 19.4. The summed E-state index contributed by atoms with van der Waals surface area (Å²) in [5.74, 6) is -4.90. The van der Waals surface area contributed by atoms with Crippen LogP contribution in [0.4, 0.5) is 22.0 Å². The van der Waals surface area contributed by atoms with Gasteiger partial charge in [0.05, 0.1) is 17.5 Å². The molecule has 0 N–H and O–H groups in total. The molecular weight excluding hydrogens is 349 g/mol. The van der Waals surface area contributed by atoms with E-state index in [1.165, 1.54) is 6.92 Å². The van der Waals surface area contributed by atoms with Crippen molar-refractivity contribution in [2.45, 2.75) is 32.0 Å². The summed E-state index contributed by atoms with van der Waals surface area (Å²) in [6.07, 6.45) is -3.28. The molecule has 0 saturated heterocycles. The first-order chi connectivity index (χ1) is 11.7. The molecule has 25 heavy (non-hydrogen) atoms. The molecule has 3 rings (SSSR count). The van der Waals surface area contributed by atoms with Crippen LogP contribution in [0.3, 0.4) is 0 Å². The minimum atomic E-state index is -5.21. The van der Waals surface area contributed by atoms with Crippen LogP contribution >= 0.6 is 0 Å². The normalized spacial score (nSPS) is 14.8. The summed E-state index contributed by atoms with van der Waals surface area (Å²) < 4.78 is 73.3. The first kappa shape index (κ1) is 17.4. The number of aromatic nitrogens is 1. The van der Waals surface area contributed by atoms with Crippen LogP contribution in [0.25, 0.3) is 10.9 Å². The van der Waals surface area contributed by atoms with E-state index < -0.39 is 57.3 Å². The quantitative estimate of drug-likeness (QED) is 0.617. The van der Waals surface area contributed by atoms with Crippen molar-refractivity contribution in [3.05, 3.63) is 45.2 Å². The number of alkyl halides is 3. The molecule has 1 aromatic heterocycles. The van der Waals surface area contributed by atoms with Gasteiger partial charge in [0.1, 0.15) is 11.1 Å². The van der Waals surface area contributed by atoms with Crippen LogP contribution in [0.1, 0.15) is 41.7 Å². The smallest absolute Gasteiger partial charge is 0.421 e. The standard InChI is InChI=1S/C16H12F5NO3/c1-2-25-15(24)9-6-22(7-3-4-7)13-8(14(9)23)5-10(17)12(18)11(13)16(19,20)21/h5-7H,2-4H2,1H3. The third-order valence-electron chi connectivity index (χ3n) is 3.93. The number of rotatable bonds is 3. The lowest BCUT2D eigenvalue weighted by molar-refractivity contribution is -0.139. The number of halogens is 5. The van der Waals surface area contributed by atoms with E-state index in [0.717, 1.165) is 10.8 Å². The zero-order chi connectivity index (χ0) is 18.5. The molecule has 0 amide bonds. The van der Waals surface area contributed by atoms with Gasteiger partial charge in [-0.15, -0.1) is 0 Å². The Hall–Kier alpha value is -2.45. The highest BCUT2D eigenvalue weighted by Gasteiger charge is 2.41. The molecule has 1 heterocycles. The molecule has 9 heteroatoms. The Balaban J connectivity index is 2.46. The van der Waals surface area contributed by atoms with Crippen molar-refractivity contribution in [2.24, 2.45) is 0 Å². The molecule has 2 aromatic rings. The van der Waals surface area contributed by atoms with Crippen molar-refractivity contribution in [3.8, 4) is 0 Å². The number of benzene rings is 1. The lowest BCUT2D eigenvalue weighted by atomic mass is 10.0. The Morgan fingerprint density at radius 3 is 2.48 bits per heavy atom. The van der Waals surface area contributed by atoms with Gasteiger partial charge in [0, 0.05) is 12.2 Å². The van der Waals surface area contributed by atoms with E-state index in [-0.39, 0.29) is 6.61 Å². The van der Waals surface area contributed by atoms with E-state index in [9.17, 15) is 31.5 Å². The number of nitrogens with zero attached hydrogens (tertiary/aromatic N) is 1. The molecule has 1 aromatic carbocycles. The number of fused-ring (bicyclic) bond motifs is 1. The summed E-state index contributed by atoms with van der Waals surface area (Å²) in [5.41, 5.74) is -4.25. The first-order valence-corrected chi connectivity index (χ1v) is 7.48. The summed E-state index contributed by atoms with van der Waals surface area (Å²) >= 11 is 0. The zero-order valence-electron chi connectivity index (χ0n) is 12.9. The number of esters is 1. The van der Waals surface area contributed by atoms with Gasteiger partial charge in [-0.1, -0.05) is 0 Å². The van der Waals surface area contributed by atoms with E-state index in [4.69, 9.17) is 4.74 Å². The summed E-state index contributed by atoms with van der Waals surface area (Å²) in [6, 6.07) is -0.0358. The molecule has 0 bridgehead atoms. The Labute approximate surface area is 137 Å². The van der Waals surface area contributed by atoms with Crippen molar-refractivity contribution < 1.29 is 31.5 Å². The largest absolute Gasteiger partial charge is 0.462 e. The van der Waals surface area contributed by atoms with E-state index in [1.54, 1.807) is 0 Å². The fourth-order valence-electron chi connectivity index (χ4n) is 2.72. The zero-order valence-corrected chi connectivity index (χ0v) is 12.9. The number of ether oxygens (including phenoxy) is 1. The highest BCUT2D eigenvalue weighted by Crippen LogP contribution is 2.42. The molecule has 0 radical (unpaired) electrons. The average molecular weight is 361 g/mol. The Morgan fingerprint density at radius 1 is 1.32 bits per heavy atom. The van der Waals surface area contributed by atoms with Crippen LogP contribution in [-0.4, -0.2) is 17.1 Å². The van der Waals surface area contributed by atoms with E-state index in [0.29, 0.717) is 18.9 Å². The third-order valence-corrected chi connectivity index (χ3v) is 3.93. The predicted molar refractivity (Wildman–Crippen MR) is 77.4 cm³/mol.